The molecule has 0 fully saturated rings. The van der Waals surface area contributed by atoms with E-state index in [1.165, 1.54) is 18.2 Å². The van der Waals surface area contributed by atoms with Crippen LogP contribution in [-0.4, -0.2) is 20.8 Å². The van der Waals surface area contributed by atoms with E-state index in [4.69, 9.17) is 0 Å². The average molecular weight is 337 g/mol. The summed E-state index contributed by atoms with van der Waals surface area (Å²) in [4.78, 5) is 15.2. The Balaban J connectivity index is 2.04. The molecule has 0 saturated carbocycles. The molecule has 2 heterocycles. The quantitative estimate of drug-likeness (QED) is 0.427. The van der Waals surface area contributed by atoms with Crippen molar-refractivity contribution in [2.75, 3.05) is 5.32 Å². The molecule has 4 rings (SSSR count). The molecule has 2 aromatic carbocycles. The van der Waals surface area contributed by atoms with Gasteiger partial charge in [0.1, 0.15) is 11.5 Å². The number of aryl methyl sites for hydroxylation is 1. The molecular weight excluding hydrogens is 325 g/mol. The number of nitro benzene ring substituents is 1. The van der Waals surface area contributed by atoms with E-state index in [1.54, 1.807) is 31.2 Å². The van der Waals surface area contributed by atoms with Gasteiger partial charge in [0, 0.05) is 28.9 Å². The van der Waals surface area contributed by atoms with Crippen molar-refractivity contribution in [3.8, 4) is 0 Å². The Kier molecular flexibility index (Phi) is 3.31. The number of hydrogen-bond acceptors (Lipinski definition) is 5. The second-order valence-electron chi connectivity index (χ2n) is 5.60. The number of H-pyrrole nitrogens is 1. The number of aliphatic imine (C=N–C) groups is 1. The largest absolute Gasteiger partial charge is 0.336 e. The number of anilines is 2. The summed E-state index contributed by atoms with van der Waals surface area (Å²) in [5.74, 6) is 0.0299. The minimum Gasteiger partial charge on any atom is -0.336 e. The number of rotatable bonds is 2. The van der Waals surface area contributed by atoms with Gasteiger partial charge < -0.3 is 5.32 Å². The van der Waals surface area contributed by atoms with Crippen molar-refractivity contribution in [2.24, 2.45) is 4.99 Å². The fourth-order valence-electron chi connectivity index (χ4n) is 2.76. The van der Waals surface area contributed by atoms with Crippen LogP contribution in [0.3, 0.4) is 0 Å². The number of aromatic nitrogens is 2. The maximum absolute atomic E-state index is 14.4. The lowest BCUT2D eigenvalue weighted by atomic mass is 9.99. The number of aromatic amines is 1. The van der Waals surface area contributed by atoms with Gasteiger partial charge in [-0.25, -0.2) is 9.38 Å². The molecule has 8 heteroatoms. The molecule has 25 heavy (non-hydrogen) atoms. The van der Waals surface area contributed by atoms with Gasteiger partial charge in [-0.05, 0) is 25.1 Å². The van der Waals surface area contributed by atoms with Gasteiger partial charge in [-0.2, -0.15) is 5.10 Å². The first kappa shape index (κ1) is 15.0. The van der Waals surface area contributed by atoms with E-state index in [-0.39, 0.29) is 11.3 Å². The van der Waals surface area contributed by atoms with Crippen molar-refractivity contribution in [1.82, 2.24) is 10.2 Å². The molecule has 0 unspecified atom stereocenters. The highest BCUT2D eigenvalue weighted by Gasteiger charge is 2.24. The minimum atomic E-state index is -0.492. The molecule has 0 bridgehead atoms. The Bertz CT molecular complexity index is 1040. The molecule has 3 aromatic rings. The zero-order valence-corrected chi connectivity index (χ0v) is 13.1. The van der Waals surface area contributed by atoms with Crippen LogP contribution < -0.4 is 5.32 Å². The zero-order valence-electron chi connectivity index (χ0n) is 13.1. The fourth-order valence-corrected chi connectivity index (χ4v) is 2.76. The van der Waals surface area contributed by atoms with Crippen LogP contribution in [0.4, 0.5) is 27.3 Å². The van der Waals surface area contributed by atoms with Crippen LogP contribution in [0.25, 0.3) is 0 Å². The molecule has 0 amide bonds. The summed E-state index contributed by atoms with van der Waals surface area (Å²) >= 11 is 0. The molecule has 1 aliphatic heterocycles. The van der Waals surface area contributed by atoms with Gasteiger partial charge in [0.15, 0.2) is 5.82 Å². The second kappa shape index (κ2) is 5.52. The number of halogens is 1. The summed E-state index contributed by atoms with van der Waals surface area (Å²) in [5, 5.41) is 21.3. The molecule has 0 radical (unpaired) electrons. The van der Waals surface area contributed by atoms with Gasteiger partial charge in [0.05, 0.1) is 16.3 Å². The third kappa shape index (κ3) is 2.44. The Morgan fingerprint density at radius 2 is 1.96 bits per heavy atom. The number of nitro groups is 1. The Labute approximate surface area is 141 Å². The van der Waals surface area contributed by atoms with Crippen LogP contribution in [0.5, 0.6) is 0 Å². The van der Waals surface area contributed by atoms with Crippen molar-refractivity contribution in [2.45, 2.75) is 6.92 Å². The highest BCUT2D eigenvalue weighted by atomic mass is 19.1. The lowest BCUT2D eigenvalue weighted by molar-refractivity contribution is -0.384. The molecule has 0 aliphatic carbocycles. The summed E-state index contributed by atoms with van der Waals surface area (Å²) in [7, 11) is 0. The minimum absolute atomic E-state index is 0.0950. The molecule has 7 nitrogen and oxygen atoms in total. The van der Waals surface area contributed by atoms with Crippen LogP contribution in [0.15, 0.2) is 47.5 Å². The first-order valence-electron chi connectivity index (χ1n) is 7.49. The van der Waals surface area contributed by atoms with Gasteiger partial charge in [-0.3, -0.25) is 15.2 Å². The zero-order chi connectivity index (χ0) is 17.6. The SMILES string of the molecule is Cc1[nH]nc2c1N=C(c1ccccc1F)c1cc([N+](=O)[O-])ccc1N2. The third-order valence-electron chi connectivity index (χ3n) is 3.99. The van der Waals surface area contributed by atoms with Crippen molar-refractivity contribution in [3.63, 3.8) is 0 Å². The summed E-state index contributed by atoms with van der Waals surface area (Å²) in [6.07, 6.45) is 0. The smallest absolute Gasteiger partial charge is 0.270 e. The number of non-ortho nitro benzene ring substituents is 1. The Morgan fingerprint density at radius 1 is 1.16 bits per heavy atom. The molecule has 0 saturated heterocycles. The maximum Gasteiger partial charge on any atom is 0.270 e. The molecular formula is C17H12FN5O2. The maximum atomic E-state index is 14.4. The van der Waals surface area contributed by atoms with Gasteiger partial charge in [0.25, 0.3) is 5.69 Å². The molecule has 0 atom stereocenters. The molecule has 124 valence electrons. The lowest BCUT2D eigenvalue weighted by Gasteiger charge is -2.11. The number of benzene rings is 2. The van der Waals surface area contributed by atoms with Crippen molar-refractivity contribution < 1.29 is 9.31 Å². The summed E-state index contributed by atoms with van der Waals surface area (Å²) in [6, 6.07) is 10.5. The first-order chi connectivity index (χ1) is 12.0. The van der Waals surface area contributed by atoms with Crippen molar-refractivity contribution >= 4 is 28.6 Å². The molecule has 2 N–H and O–H groups in total. The number of nitrogens with zero attached hydrogens (tertiary/aromatic N) is 3. The average Bonchev–Trinajstić information content (AvgIpc) is 2.85. The van der Waals surface area contributed by atoms with E-state index in [9.17, 15) is 14.5 Å². The van der Waals surface area contributed by atoms with E-state index in [1.807, 2.05) is 0 Å². The standard InChI is InChI=1S/C17H12FN5O2/c1-9-15-17(22-21-9)19-14-7-6-10(23(24)25)8-12(14)16(20-15)11-4-2-3-5-13(11)18/h2-8H,1H3,(H2,19,21,22). The topological polar surface area (TPSA) is 96.2 Å². The molecule has 1 aromatic heterocycles. The fraction of sp³-hybridized carbons (Fsp3) is 0.0588. The lowest BCUT2D eigenvalue weighted by Crippen LogP contribution is -2.08. The van der Waals surface area contributed by atoms with E-state index >= 15 is 0 Å². The summed E-state index contributed by atoms with van der Waals surface area (Å²) < 4.78 is 14.4. The Hall–Kier alpha value is -3.55. The van der Waals surface area contributed by atoms with Crippen LogP contribution in [0.1, 0.15) is 16.8 Å². The van der Waals surface area contributed by atoms with Crippen LogP contribution >= 0.6 is 0 Å². The van der Waals surface area contributed by atoms with E-state index in [2.05, 4.69) is 20.5 Å². The molecule has 0 spiro atoms. The third-order valence-corrected chi connectivity index (χ3v) is 3.99. The van der Waals surface area contributed by atoms with Crippen LogP contribution in [0.2, 0.25) is 0 Å². The number of nitrogens with one attached hydrogen (secondary N) is 2. The molecule has 1 aliphatic rings. The second-order valence-corrected chi connectivity index (χ2v) is 5.60. The van der Waals surface area contributed by atoms with Gasteiger partial charge >= 0.3 is 0 Å². The van der Waals surface area contributed by atoms with E-state index < -0.39 is 10.7 Å². The predicted molar refractivity (Wildman–Crippen MR) is 91.4 cm³/mol. The van der Waals surface area contributed by atoms with Crippen LogP contribution in [-0.2, 0) is 0 Å². The number of hydrogen-bond donors (Lipinski definition) is 2. The summed E-state index contributed by atoms with van der Waals surface area (Å²) in [6.45, 7) is 1.80. The van der Waals surface area contributed by atoms with E-state index in [0.717, 1.165) is 0 Å². The summed E-state index contributed by atoms with van der Waals surface area (Å²) in [5.41, 5.74) is 2.74. The van der Waals surface area contributed by atoms with Gasteiger partial charge in [-0.15, -0.1) is 0 Å². The normalized spacial score (nSPS) is 12.5. The highest BCUT2D eigenvalue weighted by molar-refractivity contribution is 6.18. The number of fused-ring (bicyclic) bond motifs is 2. The van der Waals surface area contributed by atoms with Crippen molar-refractivity contribution in [1.29, 1.82) is 0 Å². The van der Waals surface area contributed by atoms with Gasteiger partial charge in [-0.1, -0.05) is 12.1 Å². The van der Waals surface area contributed by atoms with Crippen molar-refractivity contribution in [3.05, 3.63) is 75.2 Å². The van der Waals surface area contributed by atoms with E-state index in [0.29, 0.717) is 34.2 Å². The first-order valence-corrected chi connectivity index (χ1v) is 7.49. The predicted octanol–water partition coefficient (Wildman–Crippen LogP) is 3.99. The van der Waals surface area contributed by atoms with Crippen LogP contribution in [0, 0.1) is 22.9 Å². The highest BCUT2D eigenvalue weighted by Crippen LogP contribution is 2.37. The Morgan fingerprint density at radius 3 is 2.72 bits per heavy atom. The van der Waals surface area contributed by atoms with Gasteiger partial charge in [0.2, 0.25) is 0 Å². The monoisotopic (exact) mass is 337 g/mol.